The number of rotatable bonds is 4. The van der Waals surface area contributed by atoms with Crippen molar-refractivity contribution in [3.63, 3.8) is 0 Å². The molecule has 0 saturated heterocycles. The highest BCUT2D eigenvalue weighted by atomic mass is 35.5. The highest BCUT2D eigenvalue weighted by Gasteiger charge is 2.12. The van der Waals surface area contributed by atoms with E-state index in [1.54, 1.807) is 18.2 Å². The molecule has 0 radical (unpaired) electrons. The number of amides is 1. The largest absolute Gasteiger partial charge is 0.457 e. The van der Waals surface area contributed by atoms with E-state index in [0.717, 1.165) is 0 Å². The Morgan fingerprint density at radius 3 is 2.52 bits per heavy atom. The highest BCUT2D eigenvalue weighted by Crippen LogP contribution is 2.27. The molecule has 0 unspecified atom stereocenters. The molecule has 2 aromatic carbocycles. The standard InChI is InChI=1S/C20H11ClF2N2O2/c21-17-10-12(1-7-18(17)23)19-8-6-16(27-19)9-13(11-24)20(26)25-15-4-2-14(22)3-5-15/h1-10H,(H,25,26)/b13-9+. The van der Waals surface area contributed by atoms with Gasteiger partial charge in [-0.25, -0.2) is 8.78 Å². The zero-order chi connectivity index (χ0) is 19.4. The lowest BCUT2D eigenvalue weighted by atomic mass is 10.2. The fourth-order valence-corrected chi connectivity index (χ4v) is 2.44. The first-order valence-corrected chi connectivity index (χ1v) is 8.08. The molecule has 0 bridgehead atoms. The van der Waals surface area contributed by atoms with E-state index >= 15 is 0 Å². The normalized spacial score (nSPS) is 11.1. The van der Waals surface area contributed by atoms with Crippen LogP contribution in [-0.2, 0) is 4.79 Å². The molecule has 0 saturated carbocycles. The van der Waals surface area contributed by atoms with Crippen molar-refractivity contribution in [2.45, 2.75) is 0 Å². The summed E-state index contributed by atoms with van der Waals surface area (Å²) in [5.41, 5.74) is 0.705. The van der Waals surface area contributed by atoms with E-state index in [0.29, 0.717) is 17.0 Å². The maximum atomic E-state index is 13.3. The van der Waals surface area contributed by atoms with Crippen LogP contribution >= 0.6 is 11.6 Å². The Morgan fingerprint density at radius 1 is 1.11 bits per heavy atom. The Kier molecular flexibility index (Phi) is 5.34. The van der Waals surface area contributed by atoms with Crippen molar-refractivity contribution < 1.29 is 18.0 Å². The van der Waals surface area contributed by atoms with Gasteiger partial charge in [0.05, 0.1) is 5.02 Å². The van der Waals surface area contributed by atoms with Gasteiger partial charge >= 0.3 is 0 Å². The van der Waals surface area contributed by atoms with Crippen molar-refractivity contribution >= 4 is 29.3 Å². The highest BCUT2D eigenvalue weighted by molar-refractivity contribution is 6.31. The van der Waals surface area contributed by atoms with Crippen LogP contribution in [0.4, 0.5) is 14.5 Å². The third-order valence-electron chi connectivity index (χ3n) is 3.58. The van der Waals surface area contributed by atoms with Gasteiger partial charge in [-0.05, 0) is 54.6 Å². The predicted octanol–water partition coefficient (Wildman–Crippen LogP) is 5.42. The first-order chi connectivity index (χ1) is 13.0. The summed E-state index contributed by atoms with van der Waals surface area (Å²) >= 11 is 5.76. The van der Waals surface area contributed by atoms with E-state index < -0.39 is 17.5 Å². The third kappa shape index (κ3) is 4.40. The molecule has 134 valence electrons. The molecule has 3 rings (SSSR count). The molecule has 7 heteroatoms. The molecule has 3 aromatic rings. The van der Waals surface area contributed by atoms with Crippen LogP contribution in [0.3, 0.4) is 0 Å². The topological polar surface area (TPSA) is 66.0 Å². The summed E-state index contributed by atoms with van der Waals surface area (Å²) in [5.74, 6) is -0.980. The number of nitrogens with one attached hydrogen (secondary N) is 1. The minimum Gasteiger partial charge on any atom is -0.457 e. The van der Waals surface area contributed by atoms with Gasteiger partial charge in [0.25, 0.3) is 5.91 Å². The smallest absolute Gasteiger partial charge is 0.266 e. The van der Waals surface area contributed by atoms with Crippen LogP contribution in [-0.4, -0.2) is 5.91 Å². The molecule has 4 nitrogen and oxygen atoms in total. The van der Waals surface area contributed by atoms with Crippen LogP contribution in [0.15, 0.2) is 64.6 Å². The van der Waals surface area contributed by atoms with E-state index in [4.69, 9.17) is 16.0 Å². The Labute approximate surface area is 158 Å². The quantitative estimate of drug-likeness (QED) is 0.482. The summed E-state index contributed by atoms with van der Waals surface area (Å²) in [4.78, 5) is 12.2. The number of anilines is 1. The van der Waals surface area contributed by atoms with E-state index in [9.17, 15) is 18.8 Å². The van der Waals surface area contributed by atoms with E-state index in [-0.39, 0.29) is 16.4 Å². The number of nitriles is 1. The Morgan fingerprint density at radius 2 is 1.85 bits per heavy atom. The molecular formula is C20H11ClF2N2O2. The number of furan rings is 1. The van der Waals surface area contributed by atoms with Crippen molar-refractivity contribution in [2.24, 2.45) is 0 Å². The first-order valence-electron chi connectivity index (χ1n) is 7.70. The second-order valence-electron chi connectivity index (χ2n) is 5.46. The van der Waals surface area contributed by atoms with Gasteiger partial charge < -0.3 is 9.73 Å². The number of benzene rings is 2. The second kappa shape index (κ2) is 7.85. The number of nitrogens with zero attached hydrogens (tertiary/aromatic N) is 1. The molecule has 1 amide bonds. The van der Waals surface area contributed by atoms with Crippen LogP contribution in [0.2, 0.25) is 5.02 Å². The van der Waals surface area contributed by atoms with Crippen LogP contribution in [0.5, 0.6) is 0 Å². The van der Waals surface area contributed by atoms with Crippen molar-refractivity contribution in [1.82, 2.24) is 0 Å². The molecule has 0 spiro atoms. The molecule has 0 aliphatic heterocycles. The summed E-state index contributed by atoms with van der Waals surface area (Å²) < 4.78 is 31.7. The molecule has 0 fully saturated rings. The van der Waals surface area contributed by atoms with Gasteiger partial charge in [-0.15, -0.1) is 0 Å². The van der Waals surface area contributed by atoms with Crippen LogP contribution in [0, 0.1) is 23.0 Å². The maximum Gasteiger partial charge on any atom is 0.266 e. The number of halogens is 3. The van der Waals surface area contributed by atoms with Gasteiger partial charge in [-0.1, -0.05) is 11.6 Å². The van der Waals surface area contributed by atoms with Gasteiger partial charge in [0.1, 0.15) is 34.8 Å². The SMILES string of the molecule is N#C/C(=C\c1ccc(-c2ccc(F)c(Cl)c2)o1)C(=O)Nc1ccc(F)cc1. The zero-order valence-corrected chi connectivity index (χ0v) is 14.4. The van der Waals surface area contributed by atoms with Gasteiger partial charge in [0.15, 0.2) is 0 Å². The number of hydrogen-bond acceptors (Lipinski definition) is 3. The zero-order valence-electron chi connectivity index (χ0n) is 13.7. The van der Waals surface area contributed by atoms with Gasteiger partial charge in [0.2, 0.25) is 0 Å². The molecule has 1 N–H and O–H groups in total. The van der Waals surface area contributed by atoms with Gasteiger partial charge in [0, 0.05) is 17.3 Å². The summed E-state index contributed by atoms with van der Waals surface area (Å²) in [6, 6.07) is 14.2. The number of carbonyl (C=O) groups is 1. The first kappa shape index (κ1) is 18.4. The minimum atomic E-state index is -0.660. The van der Waals surface area contributed by atoms with E-state index in [1.807, 2.05) is 0 Å². The van der Waals surface area contributed by atoms with E-state index in [2.05, 4.69) is 5.32 Å². The summed E-state index contributed by atoms with van der Waals surface area (Å²) in [6.45, 7) is 0. The average Bonchev–Trinajstić information content (AvgIpc) is 3.12. The van der Waals surface area contributed by atoms with Crippen LogP contribution in [0.25, 0.3) is 17.4 Å². The van der Waals surface area contributed by atoms with Crippen molar-refractivity contribution in [2.75, 3.05) is 5.32 Å². The third-order valence-corrected chi connectivity index (χ3v) is 3.87. The summed E-state index contributed by atoms with van der Waals surface area (Å²) in [7, 11) is 0. The lowest BCUT2D eigenvalue weighted by Gasteiger charge is -2.03. The Hall–Kier alpha value is -3.43. The van der Waals surface area contributed by atoms with Crippen LogP contribution in [0.1, 0.15) is 5.76 Å². The van der Waals surface area contributed by atoms with Gasteiger partial charge in [-0.2, -0.15) is 5.26 Å². The number of carbonyl (C=O) groups excluding carboxylic acids is 1. The fourth-order valence-electron chi connectivity index (χ4n) is 2.26. The van der Waals surface area contributed by atoms with Gasteiger partial charge in [-0.3, -0.25) is 4.79 Å². The molecule has 1 aromatic heterocycles. The monoisotopic (exact) mass is 384 g/mol. The van der Waals surface area contributed by atoms with Crippen molar-refractivity contribution in [3.05, 3.63) is 82.6 Å². The van der Waals surface area contributed by atoms with E-state index in [1.165, 1.54) is 48.5 Å². The van der Waals surface area contributed by atoms with Crippen LogP contribution < -0.4 is 5.32 Å². The van der Waals surface area contributed by atoms with Crippen molar-refractivity contribution in [1.29, 1.82) is 5.26 Å². The maximum absolute atomic E-state index is 13.3. The average molecular weight is 385 g/mol. The Bertz CT molecular complexity index is 1070. The summed E-state index contributed by atoms with van der Waals surface area (Å²) in [6.07, 6.45) is 1.27. The van der Waals surface area contributed by atoms with Crippen molar-refractivity contribution in [3.8, 4) is 17.4 Å². The minimum absolute atomic E-state index is 0.0441. The lowest BCUT2D eigenvalue weighted by Crippen LogP contribution is -2.13. The molecule has 27 heavy (non-hydrogen) atoms. The number of hydrogen-bond donors (Lipinski definition) is 1. The molecule has 0 atom stereocenters. The molecular weight excluding hydrogens is 374 g/mol. The predicted molar refractivity (Wildman–Crippen MR) is 97.7 cm³/mol. The molecule has 0 aliphatic carbocycles. The second-order valence-corrected chi connectivity index (χ2v) is 5.87. The fraction of sp³-hybridized carbons (Fsp3) is 0. The lowest BCUT2D eigenvalue weighted by molar-refractivity contribution is -0.112. The molecule has 1 heterocycles. The molecule has 0 aliphatic rings. The summed E-state index contributed by atoms with van der Waals surface area (Å²) in [5, 5.41) is 11.7. The Balaban J connectivity index is 1.80.